The van der Waals surface area contributed by atoms with Gasteiger partial charge in [-0.05, 0) is 55.3 Å². The Morgan fingerprint density at radius 2 is 1.77 bits per heavy atom. The first-order valence-corrected chi connectivity index (χ1v) is 9.58. The molecule has 0 spiro atoms. The van der Waals surface area contributed by atoms with Gasteiger partial charge < -0.3 is 5.32 Å². The van der Waals surface area contributed by atoms with E-state index in [9.17, 15) is 22.0 Å². The molecule has 9 heteroatoms. The Hall–Kier alpha value is -3.49. The van der Waals surface area contributed by atoms with Crippen molar-refractivity contribution in [3.63, 3.8) is 0 Å². The molecule has 158 valence electrons. The van der Waals surface area contributed by atoms with Crippen molar-refractivity contribution < 1.29 is 22.0 Å². The molecule has 1 saturated carbocycles. The van der Waals surface area contributed by atoms with Gasteiger partial charge in [0.1, 0.15) is 23.1 Å². The van der Waals surface area contributed by atoms with Gasteiger partial charge in [0.15, 0.2) is 0 Å². The SMILES string of the molecule is Fc1ccc2nc(C3CC3)c(-c3cccc(Nc4ccc(C(F)(F)F)c(F)c4)n3)n2c1. The maximum absolute atomic E-state index is 13.9. The van der Waals surface area contributed by atoms with Crippen molar-refractivity contribution in [2.75, 3.05) is 5.32 Å². The fraction of sp³-hybridized carbons (Fsp3) is 0.182. The number of fused-ring (bicyclic) bond motifs is 1. The Bertz CT molecular complexity index is 1290. The fourth-order valence-corrected chi connectivity index (χ4v) is 3.54. The lowest BCUT2D eigenvalue weighted by molar-refractivity contribution is -0.139. The normalized spacial score (nSPS) is 14.2. The number of aromatic nitrogens is 3. The summed E-state index contributed by atoms with van der Waals surface area (Å²) in [5, 5.41) is 2.83. The molecule has 1 N–H and O–H groups in total. The predicted octanol–water partition coefficient (Wildman–Crippen LogP) is 6.31. The number of halogens is 5. The largest absolute Gasteiger partial charge is 0.419 e. The molecule has 5 rings (SSSR count). The van der Waals surface area contributed by atoms with Crippen LogP contribution in [0.2, 0.25) is 0 Å². The molecule has 0 bridgehead atoms. The number of anilines is 2. The predicted molar refractivity (Wildman–Crippen MR) is 105 cm³/mol. The van der Waals surface area contributed by atoms with E-state index in [-0.39, 0.29) is 11.6 Å². The minimum Gasteiger partial charge on any atom is -0.340 e. The first kappa shape index (κ1) is 19.5. The fourth-order valence-electron chi connectivity index (χ4n) is 3.54. The topological polar surface area (TPSA) is 42.2 Å². The summed E-state index contributed by atoms with van der Waals surface area (Å²) >= 11 is 0. The quantitative estimate of drug-likeness (QED) is 0.386. The summed E-state index contributed by atoms with van der Waals surface area (Å²) in [6, 6.07) is 10.6. The molecule has 31 heavy (non-hydrogen) atoms. The highest BCUT2D eigenvalue weighted by atomic mass is 19.4. The van der Waals surface area contributed by atoms with E-state index in [1.54, 1.807) is 28.7 Å². The second-order valence-electron chi connectivity index (χ2n) is 7.42. The molecule has 1 fully saturated rings. The lowest BCUT2D eigenvalue weighted by atomic mass is 10.1. The second-order valence-corrected chi connectivity index (χ2v) is 7.42. The molecular weight excluding hydrogens is 415 g/mol. The van der Waals surface area contributed by atoms with Gasteiger partial charge >= 0.3 is 6.18 Å². The van der Waals surface area contributed by atoms with Gasteiger partial charge in [-0.25, -0.2) is 18.7 Å². The third-order valence-corrected chi connectivity index (χ3v) is 5.11. The van der Waals surface area contributed by atoms with Gasteiger partial charge in [0.25, 0.3) is 0 Å². The average molecular weight is 430 g/mol. The van der Waals surface area contributed by atoms with E-state index < -0.39 is 23.4 Å². The zero-order chi connectivity index (χ0) is 21.8. The van der Waals surface area contributed by atoms with Crippen molar-refractivity contribution in [1.29, 1.82) is 0 Å². The molecule has 0 atom stereocenters. The Morgan fingerprint density at radius 3 is 2.48 bits per heavy atom. The number of imidazole rings is 1. The van der Waals surface area contributed by atoms with Gasteiger partial charge in [0.2, 0.25) is 0 Å². The van der Waals surface area contributed by atoms with Gasteiger partial charge in [0, 0.05) is 17.8 Å². The van der Waals surface area contributed by atoms with Crippen LogP contribution in [0.25, 0.3) is 17.0 Å². The standard InChI is InChI=1S/C22H15F5N4/c23-13-6-9-19-30-20(12-4-5-12)21(31(19)11-13)17-2-1-3-18(29-17)28-14-7-8-15(16(24)10-14)22(25,26)27/h1-3,6-12H,4-5H2,(H,28,29). The first-order valence-electron chi connectivity index (χ1n) is 9.58. The van der Waals surface area contributed by atoms with E-state index in [1.165, 1.54) is 12.3 Å². The van der Waals surface area contributed by atoms with Gasteiger partial charge in [-0.3, -0.25) is 4.40 Å². The summed E-state index contributed by atoms with van der Waals surface area (Å²) in [7, 11) is 0. The maximum atomic E-state index is 13.9. The van der Waals surface area contributed by atoms with E-state index in [0.717, 1.165) is 30.7 Å². The van der Waals surface area contributed by atoms with Crippen LogP contribution in [0.4, 0.5) is 33.5 Å². The smallest absolute Gasteiger partial charge is 0.340 e. The summed E-state index contributed by atoms with van der Waals surface area (Å²) in [4.78, 5) is 9.15. The van der Waals surface area contributed by atoms with Gasteiger partial charge in [0.05, 0.1) is 22.6 Å². The Labute approximate surface area is 173 Å². The van der Waals surface area contributed by atoms with Crippen LogP contribution >= 0.6 is 0 Å². The molecule has 1 aliphatic carbocycles. The Morgan fingerprint density at radius 1 is 0.968 bits per heavy atom. The zero-order valence-corrected chi connectivity index (χ0v) is 15.9. The van der Waals surface area contributed by atoms with Crippen LogP contribution in [0, 0.1) is 11.6 Å². The van der Waals surface area contributed by atoms with Crippen LogP contribution in [-0.4, -0.2) is 14.4 Å². The zero-order valence-electron chi connectivity index (χ0n) is 15.9. The van der Waals surface area contributed by atoms with E-state index in [4.69, 9.17) is 0 Å². The van der Waals surface area contributed by atoms with Gasteiger partial charge in [-0.15, -0.1) is 0 Å². The number of hydrogen-bond acceptors (Lipinski definition) is 3. The molecule has 0 amide bonds. The van der Waals surface area contributed by atoms with Crippen LogP contribution < -0.4 is 5.32 Å². The third kappa shape index (κ3) is 3.71. The number of nitrogens with one attached hydrogen (secondary N) is 1. The molecule has 1 aromatic carbocycles. The lowest BCUT2D eigenvalue weighted by Gasteiger charge is -2.11. The maximum Gasteiger partial charge on any atom is 0.419 e. The van der Waals surface area contributed by atoms with E-state index in [1.807, 2.05) is 0 Å². The Kier molecular flexibility index (Phi) is 4.42. The van der Waals surface area contributed by atoms with Crippen LogP contribution in [-0.2, 0) is 6.18 Å². The van der Waals surface area contributed by atoms with E-state index >= 15 is 0 Å². The second kappa shape index (κ2) is 7.04. The minimum atomic E-state index is -4.77. The number of hydrogen-bond donors (Lipinski definition) is 1. The molecular formula is C22H15F5N4. The summed E-state index contributed by atoms with van der Waals surface area (Å²) in [5.41, 5.74) is 1.42. The molecule has 4 nitrogen and oxygen atoms in total. The highest BCUT2D eigenvalue weighted by molar-refractivity contribution is 5.68. The number of benzene rings is 1. The summed E-state index contributed by atoms with van der Waals surface area (Å²) in [5.74, 6) is -1.20. The number of nitrogens with zero attached hydrogens (tertiary/aromatic N) is 3. The molecule has 0 saturated heterocycles. The highest BCUT2D eigenvalue weighted by Crippen LogP contribution is 2.44. The molecule has 0 radical (unpaired) electrons. The highest BCUT2D eigenvalue weighted by Gasteiger charge is 2.34. The summed E-state index contributed by atoms with van der Waals surface area (Å²) in [6.07, 6.45) is -1.45. The molecule has 4 aromatic rings. The van der Waals surface area contributed by atoms with Crippen LogP contribution in [0.1, 0.15) is 30.0 Å². The van der Waals surface area contributed by atoms with E-state index in [0.29, 0.717) is 28.9 Å². The summed E-state index contributed by atoms with van der Waals surface area (Å²) < 4.78 is 67.7. The van der Waals surface area contributed by atoms with Crippen LogP contribution in [0.5, 0.6) is 0 Å². The van der Waals surface area contributed by atoms with Crippen molar-refractivity contribution in [1.82, 2.24) is 14.4 Å². The number of pyridine rings is 2. The minimum absolute atomic E-state index is 0.127. The van der Waals surface area contributed by atoms with Gasteiger partial charge in [-0.2, -0.15) is 13.2 Å². The van der Waals surface area contributed by atoms with Crippen molar-refractivity contribution in [2.24, 2.45) is 0 Å². The average Bonchev–Trinajstić information content (AvgIpc) is 3.48. The van der Waals surface area contributed by atoms with Crippen molar-refractivity contribution in [3.8, 4) is 11.4 Å². The molecule has 1 aliphatic rings. The van der Waals surface area contributed by atoms with Crippen molar-refractivity contribution in [3.05, 3.63) is 77.6 Å². The number of alkyl halides is 3. The lowest BCUT2D eigenvalue weighted by Crippen LogP contribution is -2.08. The number of rotatable bonds is 4. The summed E-state index contributed by atoms with van der Waals surface area (Å²) in [6.45, 7) is 0. The van der Waals surface area contributed by atoms with Crippen LogP contribution in [0.15, 0.2) is 54.7 Å². The first-order chi connectivity index (χ1) is 14.8. The monoisotopic (exact) mass is 430 g/mol. The molecule has 3 heterocycles. The Balaban J connectivity index is 1.53. The molecule has 0 unspecified atom stereocenters. The van der Waals surface area contributed by atoms with Crippen molar-refractivity contribution >= 4 is 17.2 Å². The van der Waals surface area contributed by atoms with Crippen molar-refractivity contribution in [2.45, 2.75) is 24.9 Å². The molecule has 0 aliphatic heterocycles. The van der Waals surface area contributed by atoms with E-state index in [2.05, 4.69) is 15.3 Å². The molecule has 3 aromatic heterocycles. The van der Waals surface area contributed by atoms with Gasteiger partial charge in [-0.1, -0.05) is 6.07 Å². The van der Waals surface area contributed by atoms with Crippen LogP contribution in [0.3, 0.4) is 0 Å². The third-order valence-electron chi connectivity index (χ3n) is 5.11.